The van der Waals surface area contributed by atoms with E-state index in [-0.39, 0.29) is 12.0 Å². The highest BCUT2D eigenvalue weighted by molar-refractivity contribution is 5.53. The molecule has 1 aromatic heterocycles. The van der Waals surface area contributed by atoms with Crippen molar-refractivity contribution in [3.63, 3.8) is 0 Å². The molecule has 0 aliphatic heterocycles. The van der Waals surface area contributed by atoms with Crippen LogP contribution in [0.5, 0.6) is 0 Å². The summed E-state index contributed by atoms with van der Waals surface area (Å²) in [7, 11) is 0. The molecule has 0 fully saturated rings. The van der Waals surface area contributed by atoms with Gasteiger partial charge in [-0.2, -0.15) is 0 Å². The maximum atomic E-state index is 9.57. The maximum absolute atomic E-state index is 9.57. The molecular weight excluding hydrogens is 276 g/mol. The molecule has 0 saturated heterocycles. The predicted molar refractivity (Wildman–Crippen MR) is 88.5 cm³/mol. The fraction of sp³-hybridized carbons (Fsp3) is 0.500. The molecule has 0 unspecified atom stereocenters. The number of hydrogen-bond donors (Lipinski definition) is 2. The van der Waals surface area contributed by atoms with E-state index in [1.165, 1.54) is 5.56 Å². The van der Waals surface area contributed by atoms with Crippen LogP contribution in [0.3, 0.4) is 0 Å². The predicted octanol–water partition coefficient (Wildman–Crippen LogP) is 3.54. The van der Waals surface area contributed by atoms with Gasteiger partial charge in [0.15, 0.2) is 0 Å². The first kappa shape index (κ1) is 16.7. The number of nitrogens with one attached hydrogen (secondary N) is 1. The molecule has 4 heteroatoms. The summed E-state index contributed by atoms with van der Waals surface area (Å²) in [4.78, 5) is 4.52. The molecule has 120 valence electrons. The first-order valence-electron chi connectivity index (χ1n) is 7.95. The third-order valence-electron chi connectivity index (χ3n) is 4.49. The van der Waals surface area contributed by atoms with E-state index >= 15 is 0 Å². The van der Waals surface area contributed by atoms with Gasteiger partial charge in [0.25, 0.3) is 0 Å². The third-order valence-corrected chi connectivity index (χ3v) is 4.49. The van der Waals surface area contributed by atoms with Crippen molar-refractivity contribution in [2.75, 3.05) is 13.2 Å². The largest absolute Gasteiger partial charge is 0.444 e. The SMILES string of the molecule is CCC(CC)(CO)CNCc1coc(-c2ccc(C)cc2)n1. The summed E-state index contributed by atoms with van der Waals surface area (Å²) in [6.07, 6.45) is 3.61. The molecule has 4 nitrogen and oxygen atoms in total. The topological polar surface area (TPSA) is 58.3 Å². The van der Waals surface area contributed by atoms with Gasteiger partial charge in [-0.05, 0) is 31.9 Å². The van der Waals surface area contributed by atoms with Crippen molar-refractivity contribution >= 4 is 0 Å². The number of oxazole rings is 1. The smallest absolute Gasteiger partial charge is 0.226 e. The Balaban J connectivity index is 1.94. The number of aromatic nitrogens is 1. The Kier molecular flexibility index (Phi) is 5.75. The van der Waals surface area contributed by atoms with Crippen LogP contribution in [0.25, 0.3) is 11.5 Å². The van der Waals surface area contributed by atoms with Crippen LogP contribution in [0.4, 0.5) is 0 Å². The van der Waals surface area contributed by atoms with E-state index in [1.807, 2.05) is 12.1 Å². The van der Waals surface area contributed by atoms with Gasteiger partial charge in [-0.25, -0.2) is 4.98 Å². The second-order valence-electron chi connectivity index (χ2n) is 5.98. The average molecular weight is 302 g/mol. The second-order valence-corrected chi connectivity index (χ2v) is 5.98. The minimum absolute atomic E-state index is 0.0382. The van der Waals surface area contributed by atoms with Crippen LogP contribution < -0.4 is 5.32 Å². The number of nitrogens with zero attached hydrogens (tertiary/aromatic N) is 1. The zero-order chi connectivity index (χ0) is 16.0. The van der Waals surface area contributed by atoms with E-state index in [0.717, 1.165) is 30.6 Å². The van der Waals surface area contributed by atoms with Gasteiger partial charge in [-0.1, -0.05) is 31.5 Å². The average Bonchev–Trinajstić information content (AvgIpc) is 3.02. The summed E-state index contributed by atoms with van der Waals surface area (Å²) in [6, 6.07) is 8.14. The maximum Gasteiger partial charge on any atom is 0.226 e. The molecule has 0 radical (unpaired) electrons. The van der Waals surface area contributed by atoms with Crippen LogP contribution in [-0.4, -0.2) is 23.2 Å². The Morgan fingerprint density at radius 2 is 1.86 bits per heavy atom. The Labute approximate surface area is 132 Å². The monoisotopic (exact) mass is 302 g/mol. The van der Waals surface area contributed by atoms with Crippen molar-refractivity contribution in [3.05, 3.63) is 41.8 Å². The number of aliphatic hydroxyl groups excluding tert-OH is 1. The number of benzene rings is 1. The van der Waals surface area contributed by atoms with Gasteiger partial charge in [-0.3, -0.25) is 0 Å². The summed E-state index contributed by atoms with van der Waals surface area (Å²) in [6.45, 7) is 7.93. The molecule has 2 aromatic rings. The van der Waals surface area contributed by atoms with Crippen LogP contribution in [-0.2, 0) is 6.54 Å². The van der Waals surface area contributed by atoms with Gasteiger partial charge < -0.3 is 14.8 Å². The van der Waals surface area contributed by atoms with E-state index < -0.39 is 0 Å². The third kappa shape index (κ3) is 3.96. The fourth-order valence-corrected chi connectivity index (χ4v) is 2.45. The van der Waals surface area contributed by atoms with Gasteiger partial charge in [0.1, 0.15) is 6.26 Å². The van der Waals surface area contributed by atoms with Crippen molar-refractivity contribution in [2.24, 2.45) is 5.41 Å². The highest BCUT2D eigenvalue weighted by Gasteiger charge is 2.24. The van der Waals surface area contributed by atoms with Crippen LogP contribution >= 0.6 is 0 Å². The van der Waals surface area contributed by atoms with E-state index in [1.54, 1.807) is 6.26 Å². The van der Waals surface area contributed by atoms with Crippen LogP contribution in [0, 0.1) is 12.3 Å². The number of hydrogen-bond acceptors (Lipinski definition) is 4. The van der Waals surface area contributed by atoms with Crippen LogP contribution in [0.2, 0.25) is 0 Å². The van der Waals surface area contributed by atoms with Crippen LogP contribution in [0.1, 0.15) is 37.9 Å². The van der Waals surface area contributed by atoms with Gasteiger partial charge in [0.05, 0.1) is 5.69 Å². The molecule has 0 spiro atoms. The van der Waals surface area contributed by atoms with Gasteiger partial charge in [-0.15, -0.1) is 0 Å². The normalized spacial score (nSPS) is 11.8. The molecule has 2 N–H and O–H groups in total. The van der Waals surface area contributed by atoms with Crippen molar-refractivity contribution in [1.82, 2.24) is 10.3 Å². The minimum atomic E-state index is -0.0382. The molecule has 1 heterocycles. The fourth-order valence-electron chi connectivity index (χ4n) is 2.45. The molecule has 0 amide bonds. The lowest BCUT2D eigenvalue weighted by Gasteiger charge is -2.29. The second kappa shape index (κ2) is 7.56. The lowest BCUT2D eigenvalue weighted by atomic mass is 9.83. The molecule has 1 aromatic carbocycles. The molecular formula is C18H26N2O2. The standard InChI is InChI=1S/C18H26N2O2/c1-4-18(5-2,13-21)12-19-10-16-11-22-17(20-16)15-8-6-14(3)7-9-15/h6-9,11,19,21H,4-5,10,12-13H2,1-3H3. The van der Waals surface area contributed by atoms with E-state index in [9.17, 15) is 5.11 Å². The highest BCUT2D eigenvalue weighted by atomic mass is 16.3. The summed E-state index contributed by atoms with van der Waals surface area (Å²) < 4.78 is 5.55. The van der Waals surface area contributed by atoms with E-state index in [2.05, 4.69) is 43.2 Å². The van der Waals surface area contributed by atoms with Crippen molar-refractivity contribution in [1.29, 1.82) is 0 Å². The van der Waals surface area contributed by atoms with Crippen molar-refractivity contribution in [2.45, 2.75) is 40.2 Å². The molecule has 0 atom stereocenters. The zero-order valence-corrected chi connectivity index (χ0v) is 13.7. The van der Waals surface area contributed by atoms with Crippen LogP contribution in [0.15, 0.2) is 34.9 Å². The van der Waals surface area contributed by atoms with Gasteiger partial charge >= 0.3 is 0 Å². The minimum Gasteiger partial charge on any atom is -0.444 e. The molecule has 0 aliphatic carbocycles. The first-order valence-corrected chi connectivity index (χ1v) is 7.95. The summed E-state index contributed by atoms with van der Waals surface area (Å²) in [5.74, 6) is 0.649. The number of rotatable bonds is 8. The Bertz CT molecular complexity index is 563. The van der Waals surface area contributed by atoms with Crippen molar-refractivity contribution < 1.29 is 9.52 Å². The Morgan fingerprint density at radius 1 is 1.18 bits per heavy atom. The van der Waals surface area contributed by atoms with Gasteiger partial charge in [0.2, 0.25) is 5.89 Å². The molecule has 0 bridgehead atoms. The first-order chi connectivity index (χ1) is 10.6. The quantitative estimate of drug-likeness (QED) is 0.783. The molecule has 0 saturated carbocycles. The summed E-state index contributed by atoms with van der Waals surface area (Å²) in [5.41, 5.74) is 3.05. The number of aliphatic hydroxyl groups is 1. The summed E-state index contributed by atoms with van der Waals surface area (Å²) in [5, 5.41) is 13.0. The van der Waals surface area contributed by atoms with Crippen molar-refractivity contribution in [3.8, 4) is 11.5 Å². The molecule has 2 rings (SSSR count). The van der Waals surface area contributed by atoms with E-state index in [4.69, 9.17) is 4.42 Å². The zero-order valence-electron chi connectivity index (χ0n) is 13.7. The Hall–Kier alpha value is -1.65. The lowest BCUT2D eigenvalue weighted by Crippen LogP contribution is -2.36. The van der Waals surface area contributed by atoms with E-state index in [0.29, 0.717) is 12.4 Å². The summed E-state index contributed by atoms with van der Waals surface area (Å²) >= 11 is 0. The number of aryl methyl sites for hydroxylation is 1. The Morgan fingerprint density at radius 3 is 2.45 bits per heavy atom. The molecule has 0 aliphatic rings. The molecule has 22 heavy (non-hydrogen) atoms. The lowest BCUT2D eigenvalue weighted by molar-refractivity contribution is 0.113. The van der Waals surface area contributed by atoms with Gasteiger partial charge in [0, 0.05) is 30.7 Å². The highest BCUT2D eigenvalue weighted by Crippen LogP contribution is 2.24.